The summed E-state index contributed by atoms with van der Waals surface area (Å²) in [6.07, 6.45) is 25.0. The SMILES string of the molecule is CC(C)C1CC(C2C=C3C4=C(CCC=C4)OC3CC2)C(C2=CC=CCC2)C=N1. The van der Waals surface area contributed by atoms with Gasteiger partial charge in [-0.05, 0) is 61.9 Å². The summed E-state index contributed by atoms with van der Waals surface area (Å²) in [7, 11) is 0. The molecule has 0 aromatic rings. The van der Waals surface area contributed by atoms with Gasteiger partial charge in [0.15, 0.2) is 0 Å². The van der Waals surface area contributed by atoms with Crippen LogP contribution in [-0.4, -0.2) is 18.4 Å². The second-order valence-electron chi connectivity index (χ2n) is 9.49. The van der Waals surface area contributed by atoms with Gasteiger partial charge >= 0.3 is 0 Å². The van der Waals surface area contributed by atoms with Crippen molar-refractivity contribution in [2.24, 2.45) is 28.7 Å². The normalized spacial score (nSPS) is 36.8. The molecule has 2 heteroatoms. The predicted molar refractivity (Wildman–Crippen MR) is 116 cm³/mol. The van der Waals surface area contributed by atoms with Gasteiger partial charge in [-0.2, -0.15) is 0 Å². The van der Waals surface area contributed by atoms with Gasteiger partial charge in [-0.25, -0.2) is 0 Å². The first-order chi connectivity index (χ1) is 13.7. The van der Waals surface area contributed by atoms with E-state index in [1.807, 2.05) is 0 Å². The Morgan fingerprint density at radius 3 is 2.82 bits per heavy atom. The third kappa shape index (κ3) is 3.25. The molecule has 0 radical (unpaired) electrons. The van der Waals surface area contributed by atoms with Gasteiger partial charge < -0.3 is 4.74 Å². The van der Waals surface area contributed by atoms with Crippen LogP contribution in [-0.2, 0) is 4.74 Å². The zero-order valence-electron chi connectivity index (χ0n) is 17.3. The Balaban J connectivity index is 1.47. The van der Waals surface area contributed by atoms with Crippen molar-refractivity contribution in [1.82, 2.24) is 0 Å². The van der Waals surface area contributed by atoms with Crippen molar-refractivity contribution in [2.75, 3.05) is 0 Å². The Kier molecular flexibility index (Phi) is 4.90. The summed E-state index contributed by atoms with van der Waals surface area (Å²) >= 11 is 0. The lowest BCUT2D eigenvalue weighted by molar-refractivity contribution is 0.128. The summed E-state index contributed by atoms with van der Waals surface area (Å²) in [5, 5.41) is 0. The van der Waals surface area contributed by atoms with Crippen molar-refractivity contribution in [3.63, 3.8) is 0 Å². The molecule has 0 aromatic heterocycles. The summed E-state index contributed by atoms with van der Waals surface area (Å²) in [6, 6.07) is 0.473. The summed E-state index contributed by atoms with van der Waals surface area (Å²) in [5.74, 6) is 3.70. The molecule has 0 aromatic carbocycles. The minimum Gasteiger partial charge on any atom is -0.489 e. The van der Waals surface area contributed by atoms with Crippen LogP contribution in [0.4, 0.5) is 0 Å². The molecule has 2 heterocycles. The molecule has 3 aliphatic carbocycles. The molecule has 0 saturated heterocycles. The van der Waals surface area contributed by atoms with Crippen LogP contribution >= 0.6 is 0 Å². The van der Waals surface area contributed by atoms with Crippen molar-refractivity contribution >= 4 is 6.21 Å². The Labute approximate surface area is 169 Å². The minimum absolute atomic E-state index is 0.317. The van der Waals surface area contributed by atoms with E-state index in [9.17, 15) is 0 Å². The minimum atomic E-state index is 0.317. The van der Waals surface area contributed by atoms with E-state index in [0.29, 0.717) is 35.8 Å². The van der Waals surface area contributed by atoms with Gasteiger partial charge in [0, 0.05) is 24.1 Å². The van der Waals surface area contributed by atoms with E-state index in [2.05, 4.69) is 56.5 Å². The molecule has 0 saturated carbocycles. The maximum absolute atomic E-state index is 6.32. The highest BCUT2D eigenvalue weighted by molar-refractivity contribution is 5.67. The lowest BCUT2D eigenvalue weighted by Gasteiger charge is -2.40. The van der Waals surface area contributed by atoms with Crippen LogP contribution < -0.4 is 0 Å². The Hall–Kier alpha value is -1.83. The molecule has 28 heavy (non-hydrogen) atoms. The van der Waals surface area contributed by atoms with E-state index in [-0.39, 0.29) is 0 Å². The Morgan fingerprint density at radius 1 is 1.11 bits per heavy atom. The molecule has 0 bridgehead atoms. The second kappa shape index (κ2) is 7.54. The van der Waals surface area contributed by atoms with Crippen LogP contribution in [0.1, 0.15) is 58.8 Å². The monoisotopic (exact) mass is 375 g/mol. The highest BCUT2D eigenvalue weighted by Crippen LogP contribution is 2.47. The van der Waals surface area contributed by atoms with Gasteiger partial charge in [0.2, 0.25) is 0 Å². The Morgan fingerprint density at radius 2 is 2.00 bits per heavy atom. The van der Waals surface area contributed by atoms with Crippen LogP contribution in [0.3, 0.4) is 0 Å². The smallest absolute Gasteiger partial charge is 0.124 e. The van der Waals surface area contributed by atoms with Crippen LogP contribution in [0, 0.1) is 23.7 Å². The molecular weight excluding hydrogens is 342 g/mol. The molecule has 0 amide bonds. The lowest BCUT2D eigenvalue weighted by atomic mass is 9.67. The maximum Gasteiger partial charge on any atom is 0.124 e. The molecule has 0 fully saturated rings. The molecule has 5 atom stereocenters. The number of aliphatic imine (C=N–C) groups is 1. The molecule has 5 unspecified atom stereocenters. The first-order valence-corrected chi connectivity index (χ1v) is 11.4. The van der Waals surface area contributed by atoms with E-state index in [4.69, 9.17) is 9.73 Å². The zero-order chi connectivity index (χ0) is 19.1. The predicted octanol–water partition coefficient (Wildman–Crippen LogP) is 6.33. The molecule has 0 spiro atoms. The average Bonchev–Trinajstić information content (AvgIpc) is 3.12. The van der Waals surface area contributed by atoms with Crippen LogP contribution in [0.2, 0.25) is 0 Å². The van der Waals surface area contributed by atoms with Gasteiger partial charge in [0.05, 0.1) is 6.04 Å². The number of rotatable bonds is 3. The number of hydrogen-bond donors (Lipinski definition) is 0. The van der Waals surface area contributed by atoms with E-state index >= 15 is 0 Å². The largest absolute Gasteiger partial charge is 0.489 e. The fourth-order valence-corrected chi connectivity index (χ4v) is 5.79. The topological polar surface area (TPSA) is 21.6 Å². The summed E-state index contributed by atoms with van der Waals surface area (Å²) < 4.78 is 6.32. The summed E-state index contributed by atoms with van der Waals surface area (Å²) in [5.41, 5.74) is 4.49. The van der Waals surface area contributed by atoms with E-state index in [1.54, 1.807) is 5.57 Å². The summed E-state index contributed by atoms with van der Waals surface area (Å²) in [4.78, 5) is 5.01. The zero-order valence-corrected chi connectivity index (χ0v) is 17.3. The summed E-state index contributed by atoms with van der Waals surface area (Å²) in [6.45, 7) is 4.65. The third-order valence-electron chi connectivity index (χ3n) is 7.43. The van der Waals surface area contributed by atoms with Crippen molar-refractivity contribution in [3.05, 3.63) is 58.9 Å². The highest BCUT2D eigenvalue weighted by Gasteiger charge is 2.40. The van der Waals surface area contributed by atoms with E-state index in [0.717, 1.165) is 12.8 Å². The van der Waals surface area contributed by atoms with E-state index < -0.39 is 0 Å². The molecule has 2 nitrogen and oxygen atoms in total. The molecule has 5 rings (SSSR count). The molecule has 148 valence electrons. The lowest BCUT2D eigenvalue weighted by Crippen LogP contribution is -2.36. The Bertz CT molecular complexity index is 806. The van der Waals surface area contributed by atoms with Gasteiger partial charge in [-0.3, -0.25) is 4.99 Å². The van der Waals surface area contributed by atoms with Crippen LogP contribution in [0.5, 0.6) is 0 Å². The van der Waals surface area contributed by atoms with Crippen molar-refractivity contribution in [2.45, 2.75) is 70.9 Å². The van der Waals surface area contributed by atoms with Crippen molar-refractivity contribution in [3.8, 4) is 0 Å². The molecular formula is C26H33NO. The molecule has 2 aliphatic heterocycles. The van der Waals surface area contributed by atoms with Crippen LogP contribution in [0.15, 0.2) is 63.9 Å². The number of fused-ring (bicyclic) bond motifs is 2. The number of nitrogens with zero attached hydrogens (tertiary/aromatic N) is 1. The average molecular weight is 376 g/mol. The second-order valence-corrected chi connectivity index (χ2v) is 9.49. The maximum atomic E-state index is 6.32. The number of ether oxygens (including phenoxy) is 1. The van der Waals surface area contributed by atoms with Crippen molar-refractivity contribution in [1.29, 1.82) is 0 Å². The van der Waals surface area contributed by atoms with Gasteiger partial charge in [0.25, 0.3) is 0 Å². The number of hydrogen-bond acceptors (Lipinski definition) is 2. The third-order valence-corrected chi connectivity index (χ3v) is 7.43. The standard InChI is InChI=1S/C26H33NO/c1-17(2)24-15-21(23(16-27-24)18-8-4-3-5-9-18)19-12-13-26-22(14-19)20-10-6-7-11-25(20)28-26/h3-4,6,8,10,14,16-17,19,21,23-24,26H,5,7,9,11-13,15H2,1-2H3. The van der Waals surface area contributed by atoms with Crippen LogP contribution in [0.25, 0.3) is 0 Å². The van der Waals surface area contributed by atoms with Gasteiger partial charge in [-0.1, -0.05) is 55.9 Å². The quantitative estimate of drug-likeness (QED) is 0.564. The first-order valence-electron chi connectivity index (χ1n) is 11.4. The van der Waals surface area contributed by atoms with Crippen molar-refractivity contribution < 1.29 is 4.74 Å². The molecule has 5 aliphatic rings. The fourth-order valence-electron chi connectivity index (χ4n) is 5.79. The fraction of sp³-hybridized carbons (Fsp3) is 0.577. The van der Waals surface area contributed by atoms with Gasteiger partial charge in [-0.15, -0.1) is 0 Å². The molecule has 0 N–H and O–H groups in total. The highest BCUT2D eigenvalue weighted by atomic mass is 16.5. The van der Waals surface area contributed by atoms with E-state index in [1.165, 1.54) is 49.0 Å². The van der Waals surface area contributed by atoms with Gasteiger partial charge in [0.1, 0.15) is 11.9 Å². The number of allylic oxidation sites excluding steroid dienone is 8. The first kappa shape index (κ1) is 18.2.